The number of aromatic nitrogens is 4. The Hall–Kier alpha value is -12.7. The quantitative estimate of drug-likeness (QED) is 0.0858. The molecule has 4 heterocycles. The van der Waals surface area contributed by atoms with Gasteiger partial charge in [0, 0.05) is 32.9 Å². The van der Waals surface area contributed by atoms with Crippen LogP contribution in [0.5, 0.6) is 0 Å². The van der Waals surface area contributed by atoms with E-state index in [0.29, 0.717) is 0 Å². The molecule has 0 radical (unpaired) electrons. The minimum atomic E-state index is -3.39. The third-order valence-electron chi connectivity index (χ3n) is 25.2. The molecule has 0 aliphatic heterocycles. The van der Waals surface area contributed by atoms with Gasteiger partial charge in [-0.05, 0) is 139 Å². The van der Waals surface area contributed by atoms with E-state index in [1.54, 1.807) is 0 Å². The number of benzene rings is 16. The monoisotopic (exact) mass is 1590 g/mol. The van der Waals surface area contributed by atoms with Crippen molar-refractivity contribution in [3.05, 3.63) is 433 Å². The van der Waals surface area contributed by atoms with Crippen LogP contribution in [0.1, 0.15) is 128 Å². The molecule has 118 heavy (non-hydrogen) atoms. The van der Waals surface area contributed by atoms with Crippen molar-refractivity contribution in [1.29, 1.82) is 0 Å². The average molecular weight is 1590 g/mol. The van der Waals surface area contributed by atoms with Crippen LogP contribution < -0.4 is 17.6 Å². The molecule has 0 atom stereocenters. The molecule has 5 heteroatoms. The first kappa shape index (κ1) is 75.3. The summed E-state index contributed by atoms with van der Waals surface area (Å²) >= 11 is -3.39. The van der Waals surface area contributed by atoms with E-state index >= 15 is 0 Å². The molecule has 20 rings (SSSR count). The van der Waals surface area contributed by atoms with Crippen molar-refractivity contribution < 1.29 is 0 Å². The van der Waals surface area contributed by atoms with Crippen LogP contribution in [-0.4, -0.2) is 31.5 Å². The summed E-state index contributed by atoms with van der Waals surface area (Å²) in [5, 5.41) is 10.2. The van der Waals surface area contributed by atoms with E-state index < -0.39 is 18.7 Å². The van der Waals surface area contributed by atoms with Crippen LogP contribution >= 0.6 is 0 Å². The van der Waals surface area contributed by atoms with Crippen molar-refractivity contribution in [2.75, 3.05) is 0 Å². The van der Waals surface area contributed by atoms with Crippen LogP contribution in [0, 0.1) is 0 Å². The van der Waals surface area contributed by atoms with Crippen molar-refractivity contribution >= 4 is 118 Å². The number of fused-ring (bicyclic) bond motifs is 12. The summed E-state index contributed by atoms with van der Waals surface area (Å²) in [5.74, 6) is 0. The molecule has 20 aromatic rings. The Morgan fingerprint density at radius 3 is 0.661 bits per heavy atom. The van der Waals surface area contributed by atoms with Gasteiger partial charge in [0.1, 0.15) is 0 Å². The maximum atomic E-state index is 2.48. The largest absolute Gasteiger partial charge is 0.309 e. The van der Waals surface area contributed by atoms with Crippen molar-refractivity contribution in [1.82, 2.24) is 18.3 Å². The van der Waals surface area contributed by atoms with Gasteiger partial charge in [-0.1, -0.05) is 229 Å². The second-order valence-electron chi connectivity index (χ2n) is 36.5. The number of rotatable bonds is 12. The molecule has 0 fully saturated rings. The summed E-state index contributed by atoms with van der Waals surface area (Å²) in [7, 11) is 0. The zero-order chi connectivity index (χ0) is 81.0. The molecule has 576 valence electrons. The molecule has 0 saturated carbocycles. The molecule has 0 unspecified atom stereocenters. The van der Waals surface area contributed by atoms with Crippen LogP contribution in [0.25, 0.3) is 110 Å². The van der Waals surface area contributed by atoms with Crippen LogP contribution in [-0.2, 0) is 27.1 Å². The molecule has 0 aliphatic rings. The molecule has 0 amide bonds. The van der Waals surface area contributed by atoms with Gasteiger partial charge in [0.05, 0.1) is 27.5 Å². The summed E-state index contributed by atoms with van der Waals surface area (Å²) in [6.45, 7) is 27.7. The van der Waals surface area contributed by atoms with Gasteiger partial charge in [0.25, 0.3) is 0 Å². The first-order chi connectivity index (χ1) is 57.1. The molecule has 0 bridgehead atoms. The van der Waals surface area contributed by atoms with Gasteiger partial charge >= 0.3 is 265 Å². The topological polar surface area (TPSA) is 19.7 Å². The third kappa shape index (κ3) is 12.7. The van der Waals surface area contributed by atoms with Crippen LogP contribution in [0.4, 0.5) is 0 Å². The van der Waals surface area contributed by atoms with Crippen LogP contribution in [0.2, 0.25) is 0 Å². The molecule has 0 N–H and O–H groups in total. The molecular weight excluding hydrogens is 1490 g/mol. The maximum Gasteiger partial charge on any atom is 0.0701 e. The van der Waals surface area contributed by atoms with Crippen molar-refractivity contribution in [3.63, 3.8) is 0 Å². The van der Waals surface area contributed by atoms with E-state index in [2.05, 4.69) is 490 Å². The Kier molecular flexibility index (Phi) is 18.6. The van der Waals surface area contributed by atoms with Gasteiger partial charge in [0.15, 0.2) is 0 Å². The summed E-state index contributed by atoms with van der Waals surface area (Å²) < 4.78 is 15.5. The van der Waals surface area contributed by atoms with Gasteiger partial charge < -0.3 is 9.13 Å². The van der Waals surface area contributed by atoms with Gasteiger partial charge in [-0.15, -0.1) is 0 Å². The molecular formula is C113H100GeN4. The summed E-state index contributed by atoms with van der Waals surface area (Å²) in [4.78, 5) is 0. The SMILES string of the molecule is CC(C)(C)c1ccc2c(c1)c1cc(C(C)(C)C)ccc1n2-c1ccc2c(c1)c1ccccc1n2-c1cc[c]([Ge]([c]2ccccc2)([c]2ccccc2)[c]2ccccc2)cc1.CC(C)(C)c1ccc2c(c1)c1cc(C(C)(C)C)ccc1n2-c1ccc2c(c1)c1ccccc1n2-c1ccc(C(c2ccccc2)(c2ccccc2)c2ccccc2)cc1. The van der Waals surface area contributed by atoms with Crippen LogP contribution in [0.15, 0.2) is 388 Å². The summed E-state index contributed by atoms with van der Waals surface area (Å²) in [5.41, 5.74) is 24.4. The second kappa shape index (κ2) is 29.2. The Bertz CT molecular complexity index is 6370. The number of para-hydroxylation sites is 2. The molecule has 16 aromatic carbocycles. The predicted molar refractivity (Wildman–Crippen MR) is 507 cm³/mol. The fourth-order valence-corrected chi connectivity index (χ4v) is 29.0. The normalized spacial score (nSPS) is 12.6. The standard InChI is InChI=1S/C57H50N2.C56H50GeN2/c1-55(2,3)43-28-33-52-48(36-43)49-37-44(56(4,5)6)29-34-53(49)59(52)46-32-35-54-50(38-46)47-24-16-17-25-51(47)58(54)45-30-26-42(27-31-45)57(39-18-10-7-11-19-39,40-20-12-8-13-21-40)41-22-14-9-15-23-41;1-55(2,3)39-26-33-52-48(36-39)49-37-40(56(4,5)6)27-34-53(49)59(52)46-32-35-54-50(38-46)47-24-16-17-25-51(47)58(54)45-30-28-44(29-31-45)57(41-18-10-7-11-19-41,42-20-12-8-13-21-42)43-22-14-9-15-23-43/h2*7-38H,1-6H3. The Morgan fingerprint density at radius 2 is 0.364 bits per heavy atom. The smallest absolute Gasteiger partial charge is 0.0701 e. The minimum absolute atomic E-state index is 0.0509. The molecule has 4 aromatic heterocycles. The molecule has 0 saturated heterocycles. The first-order valence-electron chi connectivity index (χ1n) is 41.9. The van der Waals surface area contributed by atoms with Gasteiger partial charge in [-0.25, -0.2) is 0 Å². The van der Waals surface area contributed by atoms with Gasteiger partial charge in [0.2, 0.25) is 0 Å². The molecule has 4 nitrogen and oxygen atoms in total. The van der Waals surface area contributed by atoms with E-state index in [4.69, 9.17) is 0 Å². The Labute approximate surface area is 697 Å². The Morgan fingerprint density at radius 1 is 0.161 bits per heavy atom. The fraction of sp³-hybridized carbons (Fsp3) is 0.150. The first-order valence-corrected chi connectivity index (χ1v) is 46.1. The zero-order valence-corrected chi connectivity index (χ0v) is 71.8. The van der Waals surface area contributed by atoms with Crippen molar-refractivity contribution in [3.8, 4) is 22.7 Å². The molecule has 0 aliphatic carbocycles. The number of nitrogens with zero attached hydrogens (tertiary/aromatic N) is 4. The third-order valence-corrected chi connectivity index (χ3v) is 35.2. The number of hydrogen-bond donors (Lipinski definition) is 0. The van der Waals surface area contributed by atoms with Crippen molar-refractivity contribution in [2.24, 2.45) is 0 Å². The maximum absolute atomic E-state index is 3.39. The minimum Gasteiger partial charge on any atom is -0.309 e. The summed E-state index contributed by atoms with van der Waals surface area (Å²) in [6, 6.07) is 146. The fourth-order valence-electron chi connectivity index (χ4n) is 19.1. The van der Waals surface area contributed by atoms with Gasteiger partial charge in [-0.3, -0.25) is 0 Å². The van der Waals surface area contributed by atoms with E-state index in [9.17, 15) is 0 Å². The van der Waals surface area contributed by atoms with E-state index in [1.165, 1.54) is 166 Å². The van der Waals surface area contributed by atoms with E-state index in [-0.39, 0.29) is 21.7 Å². The Balaban J connectivity index is 0.000000157. The zero-order valence-electron chi connectivity index (χ0n) is 69.7. The predicted octanol–water partition coefficient (Wildman–Crippen LogP) is 26.7. The molecule has 0 spiro atoms. The van der Waals surface area contributed by atoms with Crippen molar-refractivity contribution in [2.45, 2.75) is 110 Å². The van der Waals surface area contributed by atoms with Crippen LogP contribution in [0.3, 0.4) is 0 Å². The van der Waals surface area contributed by atoms with Gasteiger partial charge in [-0.2, -0.15) is 0 Å². The van der Waals surface area contributed by atoms with E-state index in [0.717, 1.165) is 5.69 Å². The van der Waals surface area contributed by atoms with E-state index in [1.807, 2.05) is 0 Å². The summed E-state index contributed by atoms with van der Waals surface area (Å²) in [6.07, 6.45) is 0. The average Bonchev–Trinajstić information content (AvgIpc) is 1.16. The second-order valence-corrected chi connectivity index (χ2v) is 44.5. The number of hydrogen-bond acceptors (Lipinski definition) is 0.